The highest BCUT2D eigenvalue weighted by Crippen LogP contribution is 2.48. The van der Waals surface area contributed by atoms with E-state index >= 15 is 0 Å². The lowest BCUT2D eigenvalue weighted by molar-refractivity contribution is 0.352. The van der Waals surface area contributed by atoms with Crippen LogP contribution in [0.25, 0.3) is 0 Å². The zero-order valence-corrected chi connectivity index (χ0v) is 8.10. The average Bonchev–Trinajstić information content (AvgIpc) is 2.03. The summed E-state index contributed by atoms with van der Waals surface area (Å²) in [5, 5.41) is 0. The van der Waals surface area contributed by atoms with Gasteiger partial charge in [-0.05, 0) is 36.5 Å². The first-order chi connectivity index (χ1) is 5.91. The molecular formula is C7H7FO3PS+. The summed E-state index contributed by atoms with van der Waals surface area (Å²) >= 11 is 4.58. The van der Waals surface area contributed by atoms with Crippen molar-refractivity contribution in [2.75, 3.05) is 0 Å². The molecule has 0 saturated carbocycles. The van der Waals surface area contributed by atoms with E-state index in [2.05, 4.69) is 12.2 Å². The Morgan fingerprint density at radius 2 is 1.62 bits per heavy atom. The molecule has 1 aromatic carbocycles. The van der Waals surface area contributed by atoms with Crippen molar-refractivity contribution in [3.8, 4) is 0 Å². The smallest absolute Gasteiger partial charge is 0.207 e. The molecule has 3 N–H and O–H groups in total. The van der Waals surface area contributed by atoms with Crippen LogP contribution in [0.3, 0.4) is 0 Å². The minimum Gasteiger partial charge on any atom is -0.207 e. The normalized spacial score (nSPS) is 11.4. The lowest BCUT2D eigenvalue weighted by Gasteiger charge is -2.03. The number of thiocarbonyl (C=S) groups is 1. The van der Waals surface area contributed by atoms with E-state index in [4.69, 9.17) is 14.7 Å². The first-order valence-corrected chi connectivity index (χ1v) is 5.34. The standard InChI is InChI=1S/C7H7FO3PS/c8-6-3-1-5(2-4-6)7(13)12(9,10)11/h1-4,9-11H/q+1. The molecule has 0 aromatic heterocycles. The van der Waals surface area contributed by atoms with Gasteiger partial charge in [-0.1, -0.05) is 0 Å². The Morgan fingerprint density at radius 1 is 1.15 bits per heavy atom. The number of hydrogen-bond donors (Lipinski definition) is 3. The number of rotatable bonds is 2. The molecule has 0 atom stereocenters. The number of hydrogen-bond acceptors (Lipinski definition) is 4. The highest BCUT2D eigenvalue weighted by Gasteiger charge is 2.38. The monoisotopic (exact) mass is 221 g/mol. The Bertz CT molecular complexity index is 320. The lowest BCUT2D eigenvalue weighted by Crippen LogP contribution is -2.03. The summed E-state index contributed by atoms with van der Waals surface area (Å²) < 4.78 is 12.1. The SMILES string of the molecule is O[P+](O)(O)C(=S)c1ccc(F)cc1. The Balaban J connectivity index is 2.97. The Hall–Kier alpha value is -0.450. The van der Waals surface area contributed by atoms with Gasteiger partial charge in [0, 0.05) is 5.56 Å². The molecule has 0 aliphatic carbocycles. The van der Waals surface area contributed by atoms with Crippen molar-refractivity contribution in [1.82, 2.24) is 0 Å². The van der Waals surface area contributed by atoms with Crippen LogP contribution < -0.4 is 0 Å². The van der Waals surface area contributed by atoms with Crippen LogP contribution >= 0.6 is 20.2 Å². The second kappa shape index (κ2) is 3.74. The molecule has 0 aliphatic heterocycles. The zero-order valence-electron chi connectivity index (χ0n) is 6.38. The lowest BCUT2D eigenvalue weighted by atomic mass is 10.2. The quantitative estimate of drug-likeness (QED) is 0.519. The van der Waals surface area contributed by atoms with Crippen LogP contribution in [0.15, 0.2) is 24.3 Å². The molecular weight excluding hydrogens is 214 g/mol. The second-order valence-corrected chi connectivity index (χ2v) is 4.68. The van der Waals surface area contributed by atoms with E-state index in [1.807, 2.05) is 0 Å². The van der Waals surface area contributed by atoms with Gasteiger partial charge in [0.1, 0.15) is 5.82 Å². The molecule has 6 heteroatoms. The van der Waals surface area contributed by atoms with Gasteiger partial charge in [-0.3, -0.25) is 0 Å². The van der Waals surface area contributed by atoms with E-state index in [0.29, 0.717) is 0 Å². The Morgan fingerprint density at radius 3 is 2.00 bits per heavy atom. The topological polar surface area (TPSA) is 60.7 Å². The van der Waals surface area contributed by atoms with E-state index in [9.17, 15) is 4.39 Å². The van der Waals surface area contributed by atoms with Crippen molar-refractivity contribution >= 4 is 24.8 Å². The van der Waals surface area contributed by atoms with Crippen molar-refractivity contribution in [2.45, 2.75) is 0 Å². The third-order valence-corrected chi connectivity index (χ3v) is 3.14. The predicted molar refractivity (Wildman–Crippen MR) is 51.7 cm³/mol. The van der Waals surface area contributed by atoms with Crippen molar-refractivity contribution in [2.24, 2.45) is 0 Å². The molecule has 1 aromatic rings. The van der Waals surface area contributed by atoms with Crippen LogP contribution in [0.2, 0.25) is 0 Å². The van der Waals surface area contributed by atoms with Crippen LogP contribution in [0, 0.1) is 5.82 Å². The molecule has 0 aliphatic rings. The van der Waals surface area contributed by atoms with Crippen molar-refractivity contribution in [1.29, 1.82) is 0 Å². The molecule has 0 spiro atoms. The van der Waals surface area contributed by atoms with E-state index in [1.54, 1.807) is 0 Å². The molecule has 70 valence electrons. The predicted octanol–water partition coefficient (Wildman–Crippen LogP) is 1.24. The van der Waals surface area contributed by atoms with Crippen molar-refractivity contribution in [3.63, 3.8) is 0 Å². The Labute approximate surface area is 80.0 Å². The maximum atomic E-state index is 12.4. The molecule has 0 fully saturated rings. The third kappa shape index (κ3) is 2.76. The average molecular weight is 221 g/mol. The number of halogens is 1. The zero-order chi connectivity index (χ0) is 10.1. The fourth-order valence-corrected chi connectivity index (χ4v) is 1.40. The van der Waals surface area contributed by atoms with Gasteiger partial charge in [0.25, 0.3) is 4.61 Å². The minimum atomic E-state index is -4.13. The van der Waals surface area contributed by atoms with Gasteiger partial charge < -0.3 is 0 Å². The molecule has 0 bridgehead atoms. The van der Waals surface area contributed by atoms with Gasteiger partial charge in [0.05, 0.1) is 0 Å². The first-order valence-electron chi connectivity index (χ1n) is 3.29. The summed E-state index contributed by atoms with van der Waals surface area (Å²) in [6, 6.07) is 4.79. The highest BCUT2D eigenvalue weighted by molar-refractivity contribution is 8.00. The second-order valence-electron chi connectivity index (χ2n) is 2.38. The molecule has 0 radical (unpaired) electrons. The van der Waals surface area contributed by atoms with E-state index in [1.165, 1.54) is 12.1 Å². The first kappa shape index (κ1) is 10.6. The summed E-state index contributed by atoms with van der Waals surface area (Å²) in [6.45, 7) is 0. The van der Waals surface area contributed by atoms with Crippen LogP contribution in [-0.2, 0) is 0 Å². The summed E-state index contributed by atoms with van der Waals surface area (Å²) in [6.07, 6.45) is 0. The van der Waals surface area contributed by atoms with Gasteiger partial charge in [-0.25, -0.2) is 4.39 Å². The molecule has 13 heavy (non-hydrogen) atoms. The van der Waals surface area contributed by atoms with Gasteiger partial charge >= 0.3 is 7.94 Å². The van der Waals surface area contributed by atoms with Gasteiger partial charge in [-0.2, -0.15) is 14.7 Å². The maximum absolute atomic E-state index is 12.4. The Kier molecular flexibility index (Phi) is 3.05. The molecule has 1 rings (SSSR count). The van der Waals surface area contributed by atoms with Gasteiger partial charge in [0.15, 0.2) is 0 Å². The van der Waals surface area contributed by atoms with Gasteiger partial charge in [-0.15, -0.1) is 0 Å². The van der Waals surface area contributed by atoms with Crippen molar-refractivity contribution < 1.29 is 19.1 Å². The molecule has 3 nitrogen and oxygen atoms in total. The van der Waals surface area contributed by atoms with Gasteiger partial charge in [0.2, 0.25) is 0 Å². The summed E-state index contributed by atoms with van der Waals surface area (Å²) in [5.41, 5.74) is 0.234. The highest BCUT2D eigenvalue weighted by atomic mass is 32.1. The van der Waals surface area contributed by atoms with E-state index in [0.717, 1.165) is 12.1 Å². The van der Waals surface area contributed by atoms with Crippen LogP contribution in [0.4, 0.5) is 4.39 Å². The summed E-state index contributed by atoms with van der Waals surface area (Å²) in [4.78, 5) is 26.4. The fraction of sp³-hybridized carbons (Fsp3) is 0. The molecule has 0 heterocycles. The summed E-state index contributed by atoms with van der Waals surface area (Å²) in [7, 11) is -4.13. The third-order valence-electron chi connectivity index (χ3n) is 1.36. The number of benzene rings is 1. The maximum Gasteiger partial charge on any atom is 0.453 e. The van der Waals surface area contributed by atoms with Crippen LogP contribution in [0.5, 0.6) is 0 Å². The van der Waals surface area contributed by atoms with Crippen LogP contribution in [0.1, 0.15) is 5.56 Å². The van der Waals surface area contributed by atoms with E-state index in [-0.39, 0.29) is 10.2 Å². The summed E-state index contributed by atoms with van der Waals surface area (Å²) in [5.74, 6) is -0.454. The minimum absolute atomic E-state index is 0.234. The molecule has 0 unspecified atom stereocenters. The molecule has 0 amide bonds. The van der Waals surface area contributed by atoms with E-state index < -0.39 is 13.8 Å². The fourth-order valence-electron chi connectivity index (χ4n) is 0.766. The van der Waals surface area contributed by atoms with Crippen LogP contribution in [-0.4, -0.2) is 19.3 Å². The molecule has 0 saturated heterocycles. The van der Waals surface area contributed by atoms with Crippen molar-refractivity contribution in [3.05, 3.63) is 35.6 Å². The largest absolute Gasteiger partial charge is 0.453 e.